The van der Waals surface area contributed by atoms with Crippen LogP contribution in [0, 0.1) is 23.2 Å². The average Bonchev–Trinajstić information content (AvgIpc) is 3.26. The lowest BCUT2D eigenvalue weighted by Crippen LogP contribution is -2.44. The molecule has 1 saturated heterocycles. The van der Waals surface area contributed by atoms with Gasteiger partial charge in [-0.05, 0) is 14.0 Å². The minimum Gasteiger partial charge on any atom is -0.354 e. The summed E-state index contributed by atoms with van der Waals surface area (Å²) in [5, 5.41) is 16.6. The van der Waals surface area contributed by atoms with Crippen LogP contribution < -0.4 is 15.5 Å². The van der Waals surface area contributed by atoms with Crippen LogP contribution in [0.5, 0.6) is 0 Å². The molecule has 0 unspecified atom stereocenters. The van der Waals surface area contributed by atoms with Gasteiger partial charge in [0, 0.05) is 44.4 Å². The number of nitrogens with one attached hydrogen (secondary N) is 2. The summed E-state index contributed by atoms with van der Waals surface area (Å²) in [6.45, 7) is 9.86. The van der Waals surface area contributed by atoms with Crippen molar-refractivity contribution >= 4 is 45.6 Å². The molecule has 0 radical (unpaired) electrons. The molecule has 0 spiro atoms. The van der Waals surface area contributed by atoms with E-state index in [2.05, 4.69) is 61.9 Å². The number of piperazine rings is 1. The number of hydrogen-bond donors (Lipinski definition) is 2. The minimum absolute atomic E-state index is 0.0191. The fourth-order valence-electron chi connectivity index (χ4n) is 2.85. The summed E-state index contributed by atoms with van der Waals surface area (Å²) in [7, 11) is 2.12. The van der Waals surface area contributed by atoms with Crippen molar-refractivity contribution in [3.63, 3.8) is 0 Å². The molecule has 3 heterocycles. The zero-order chi connectivity index (χ0) is 23.6. The average molecular weight is 483 g/mol. The van der Waals surface area contributed by atoms with Crippen LogP contribution in [0.2, 0.25) is 0 Å². The lowest BCUT2D eigenvalue weighted by molar-refractivity contribution is -0.113. The number of nitrogens with zero attached hydrogens (tertiary/aromatic N) is 6. The van der Waals surface area contributed by atoms with E-state index < -0.39 is 0 Å². The fraction of sp³-hybridized carbons (Fsp3) is 0.409. The number of anilines is 3. The molecule has 0 aromatic carbocycles. The molecule has 0 aliphatic carbocycles. The first-order valence-electron chi connectivity index (χ1n) is 10.4. The lowest BCUT2D eigenvalue weighted by atomic mass is 10.2. The molecule has 0 amide bonds. The molecule has 0 saturated carbocycles. The van der Waals surface area contributed by atoms with Gasteiger partial charge in [0.25, 0.3) is 0 Å². The normalized spacial score (nSPS) is 13.7. The number of aromatic nitrogens is 3. The highest BCUT2D eigenvalue weighted by molar-refractivity contribution is 7.99. The Hall–Kier alpha value is -2.96. The first-order chi connectivity index (χ1) is 15.9. The summed E-state index contributed by atoms with van der Waals surface area (Å²) in [4.78, 5) is 29.8. The van der Waals surface area contributed by atoms with Crippen LogP contribution in [0.1, 0.15) is 11.8 Å². The summed E-state index contributed by atoms with van der Waals surface area (Å²) in [6, 6.07) is 4.01. The maximum Gasteiger partial charge on any atom is 0.192 e. The van der Waals surface area contributed by atoms with E-state index in [0.717, 1.165) is 32.0 Å². The highest BCUT2D eigenvalue weighted by Gasteiger charge is 2.17. The molecule has 0 bridgehead atoms. The third-order valence-corrected chi connectivity index (χ3v) is 6.37. The van der Waals surface area contributed by atoms with Crippen LogP contribution >= 0.6 is 23.1 Å². The van der Waals surface area contributed by atoms with E-state index in [9.17, 15) is 4.79 Å². The molecule has 9 nitrogen and oxygen atoms in total. The molecule has 33 heavy (non-hydrogen) atoms. The van der Waals surface area contributed by atoms with Crippen LogP contribution in [-0.2, 0) is 4.79 Å². The van der Waals surface area contributed by atoms with Gasteiger partial charge < -0.3 is 20.4 Å². The van der Waals surface area contributed by atoms with Gasteiger partial charge in [-0.2, -0.15) is 5.26 Å². The van der Waals surface area contributed by atoms with Gasteiger partial charge in [0.1, 0.15) is 22.6 Å². The van der Waals surface area contributed by atoms with Crippen molar-refractivity contribution < 1.29 is 4.79 Å². The minimum atomic E-state index is -0.0191. The van der Waals surface area contributed by atoms with Crippen molar-refractivity contribution in [2.24, 2.45) is 0 Å². The van der Waals surface area contributed by atoms with Gasteiger partial charge in [-0.15, -0.1) is 0 Å². The van der Waals surface area contributed by atoms with E-state index in [1.807, 2.05) is 6.07 Å². The number of rotatable bonds is 9. The van der Waals surface area contributed by atoms with Gasteiger partial charge in [0.2, 0.25) is 0 Å². The Bertz CT molecular complexity index is 1090. The lowest BCUT2D eigenvalue weighted by Gasteiger charge is -2.33. The van der Waals surface area contributed by atoms with Gasteiger partial charge in [-0.1, -0.05) is 41.5 Å². The molecule has 2 N–H and O–H groups in total. The molecule has 3 rings (SSSR count). The number of hydrogen-bond acceptors (Lipinski definition) is 11. The number of ketones is 1. The molecule has 11 heteroatoms. The number of carbonyl (C=O) groups excluding carboxylic acids is 1. The molecule has 2 aromatic heterocycles. The quantitative estimate of drug-likeness (QED) is 0.181. The summed E-state index contributed by atoms with van der Waals surface area (Å²) in [5.41, 5.74) is 0.544. The highest BCUT2D eigenvalue weighted by Crippen LogP contribution is 2.26. The monoisotopic (exact) mass is 482 g/mol. The Kier molecular flexibility index (Phi) is 9.22. The number of thiazole rings is 1. The van der Waals surface area contributed by atoms with Gasteiger partial charge in [-0.3, -0.25) is 4.79 Å². The predicted molar refractivity (Wildman–Crippen MR) is 133 cm³/mol. The molecule has 1 aliphatic heterocycles. The first kappa shape index (κ1) is 24.7. The zero-order valence-corrected chi connectivity index (χ0v) is 20.4. The fourth-order valence-corrected chi connectivity index (χ4v) is 4.09. The second kappa shape index (κ2) is 12.3. The molecule has 1 aliphatic rings. The SMILES string of the molecule is C=C(CNCC#CCSc1nc(Nc2ncc(C#N)s2)cc(N2CCN(C)CC2)n1)C(C)=O. The molecule has 0 atom stereocenters. The second-order valence-electron chi connectivity index (χ2n) is 7.36. The smallest absolute Gasteiger partial charge is 0.192 e. The molecule has 1 fully saturated rings. The van der Waals surface area contributed by atoms with Crippen molar-refractivity contribution in [2.75, 3.05) is 62.3 Å². The largest absolute Gasteiger partial charge is 0.354 e. The molecular weight excluding hydrogens is 456 g/mol. The maximum atomic E-state index is 11.2. The Balaban J connectivity index is 1.64. The highest BCUT2D eigenvalue weighted by atomic mass is 32.2. The number of carbonyl (C=O) groups is 1. The Labute approximate surface area is 202 Å². The van der Waals surface area contributed by atoms with Crippen molar-refractivity contribution in [1.82, 2.24) is 25.2 Å². The van der Waals surface area contributed by atoms with Crippen LogP contribution in [0.3, 0.4) is 0 Å². The Morgan fingerprint density at radius 1 is 1.30 bits per heavy atom. The van der Waals surface area contributed by atoms with Crippen molar-refractivity contribution in [1.29, 1.82) is 5.26 Å². The maximum absolute atomic E-state index is 11.2. The standard InChI is InChI=1S/C22H26N8OS2/c1-16(17(2)31)14-24-6-4-5-11-32-22-27-19(26-21-25-15-18(13-23)33-21)12-20(28-22)30-9-7-29(3)8-10-30/h12,15,24H,1,6-11,14H2,2-3H3,(H,25,26,27,28). The summed E-state index contributed by atoms with van der Waals surface area (Å²) >= 11 is 2.74. The Morgan fingerprint density at radius 2 is 2.09 bits per heavy atom. The molecular formula is C22H26N8OS2. The van der Waals surface area contributed by atoms with E-state index >= 15 is 0 Å². The third-order valence-electron chi connectivity index (χ3n) is 4.82. The van der Waals surface area contributed by atoms with E-state index in [-0.39, 0.29) is 5.78 Å². The first-order valence-corrected chi connectivity index (χ1v) is 12.2. The van der Waals surface area contributed by atoms with E-state index in [4.69, 9.17) is 10.2 Å². The number of thioether (sulfide) groups is 1. The zero-order valence-electron chi connectivity index (χ0n) is 18.7. The summed E-state index contributed by atoms with van der Waals surface area (Å²) in [6.07, 6.45) is 1.54. The Morgan fingerprint density at radius 3 is 2.79 bits per heavy atom. The van der Waals surface area contributed by atoms with Crippen molar-refractivity contribution in [3.8, 4) is 17.9 Å². The number of nitriles is 1. The van der Waals surface area contributed by atoms with Crippen LogP contribution in [0.15, 0.2) is 29.6 Å². The van der Waals surface area contributed by atoms with E-state index in [1.54, 1.807) is 6.20 Å². The van der Waals surface area contributed by atoms with Crippen LogP contribution in [-0.4, -0.2) is 77.7 Å². The van der Waals surface area contributed by atoms with Gasteiger partial charge in [0.15, 0.2) is 16.1 Å². The number of Topliss-reactive ketones (excluding diaryl/α,β-unsaturated/α-hetero) is 1. The van der Waals surface area contributed by atoms with Crippen molar-refractivity contribution in [2.45, 2.75) is 12.1 Å². The summed E-state index contributed by atoms with van der Waals surface area (Å²) < 4.78 is 0. The van der Waals surface area contributed by atoms with Crippen LogP contribution in [0.4, 0.5) is 16.8 Å². The van der Waals surface area contributed by atoms with E-state index in [0.29, 0.717) is 45.4 Å². The number of likely N-dealkylation sites (N-methyl/N-ethyl adjacent to an activating group) is 1. The van der Waals surface area contributed by atoms with Gasteiger partial charge >= 0.3 is 0 Å². The topological polar surface area (TPSA) is 110 Å². The molecule has 2 aromatic rings. The predicted octanol–water partition coefficient (Wildman–Crippen LogP) is 2.13. The van der Waals surface area contributed by atoms with Gasteiger partial charge in [0.05, 0.1) is 18.5 Å². The van der Waals surface area contributed by atoms with Crippen LogP contribution in [0.25, 0.3) is 0 Å². The second-order valence-corrected chi connectivity index (χ2v) is 9.33. The third kappa shape index (κ3) is 7.84. The van der Waals surface area contributed by atoms with E-state index in [1.165, 1.54) is 30.0 Å². The summed E-state index contributed by atoms with van der Waals surface area (Å²) in [5.74, 6) is 8.14. The van der Waals surface area contributed by atoms with Crippen molar-refractivity contribution in [3.05, 3.63) is 29.3 Å². The molecule has 172 valence electrons. The van der Waals surface area contributed by atoms with Gasteiger partial charge in [-0.25, -0.2) is 15.0 Å².